The third-order valence-corrected chi connectivity index (χ3v) is 31.6. The summed E-state index contributed by atoms with van der Waals surface area (Å²) in [4.78, 5) is 44.2. The molecular formula is C75H176ClN10NaO47P2S6Si. The SMILES string of the molecule is C.C.CCOP(=O)([O-])OCCC[N+](C)(C)CCO.COCCCO.C[N+](C)(CCO)CCC(=O)[O-].C[N+](C)(CCS(=O)(=O)[O-])CC(O)C[N+](C)(C)CCS(=O)(=O)[O-].C[N+](C)(CCS(=O)(=O)[O-])C[SiH](OCCO)C(OCCO)[N+](C)(C)CCS(=O)(=O)[O-].NC(=O)CCP(=O)(CCO)CCC(N)=O.O=S(=O)(O)CCN(CO)CO.O=S(=O)([O-])CCN(CO)CO.OCCOC1CC(OCCO)C(Cl)C(OCCO)C1.[Na+]. The number of hydrogen-bond donors (Lipinski definition) is 17. The number of alkyl halides is 1. The molecule has 0 aromatic heterocycles. The number of halogens is 1. The monoisotopic (exact) mass is 2310 g/mol. The molecule has 1 saturated carbocycles. The maximum Gasteiger partial charge on any atom is 1.00 e. The molecule has 1 aliphatic rings. The maximum absolute atomic E-state index is 12.0. The Bertz CT molecular complexity index is 3860. The summed E-state index contributed by atoms with van der Waals surface area (Å²) < 4.78 is 255. The van der Waals surface area contributed by atoms with Crippen LogP contribution in [0.2, 0.25) is 0 Å². The van der Waals surface area contributed by atoms with Crippen molar-refractivity contribution in [3.63, 3.8) is 0 Å². The van der Waals surface area contributed by atoms with Gasteiger partial charge in [-0.25, -0.2) is 42.1 Å². The number of carboxylic acid groups (broad SMARTS) is 1. The van der Waals surface area contributed by atoms with E-state index in [0.29, 0.717) is 60.6 Å². The fourth-order valence-corrected chi connectivity index (χ4v) is 21.9. The van der Waals surface area contributed by atoms with Gasteiger partial charge in [0.2, 0.25) is 17.7 Å². The predicted molar refractivity (Wildman–Crippen MR) is 517 cm³/mol. The molecule has 68 heteroatoms. The van der Waals surface area contributed by atoms with Crippen LogP contribution in [0.5, 0.6) is 0 Å². The number of phosphoric ester groups is 1. The standard InChI is InChI=1S/C14H34N2O10S2Si.C12H23ClO6.C11H26N2O7S2.C9H22NO5P.C8H17N2O4P.C7H15NO3.2C4H11NO5S.C4H10O2.2CH4.Na/c1-15(2,5-11-27(19,20)21)13-29(26-10-8-18)14(25-9-7-17)16(3,4)6-12-28(22,23)24;13-12-10(18-5-2-15)7-9(17-4-1-14)8-11(12)19-6-3-16;1-12(2,5-7-21(15,16)17)9-11(14)10-13(3,4)6-8-22(18,19)20;1-4-14-16(12,13)15-9-5-6-10(2,3)7-8-11;9-7(12)1-4-15(14,6-3-11)5-2-8(10)13;1-8(2,5-6-9)4-3-7(10)11;2*6-3-5(4-7)1-2-11(8,9)10;1-6-4-2-3-5;;;/h14,17-18,29H,5-13H2,1-4H3;9-12,14-16H,1-8H2;11,14H,5-10H2,1-4H3;11H,4-9H2,1-3H3;11H,1-6H2,(H2,9,12)(H2,10,13);9H,3-6H2,1-2H3;2*6-7H,1-4H2,(H,8,9,10);5H,2-4H2,1H3;2*1H4;/q;;;;;;;;;;;+1/p-1. The Morgan fingerprint density at radius 3 is 1.15 bits per heavy atom. The number of quaternary nitrogens is 6. The van der Waals surface area contributed by atoms with Crippen molar-refractivity contribution in [1.82, 2.24) is 9.80 Å². The molecule has 5 unspecified atom stereocenters. The molecule has 1 rings (SSSR count). The van der Waals surface area contributed by atoms with Gasteiger partial charge >= 0.3 is 38.6 Å². The van der Waals surface area contributed by atoms with Gasteiger partial charge in [-0.1, -0.05) is 14.9 Å². The summed E-state index contributed by atoms with van der Waals surface area (Å²) in [5.74, 6) is -6.10. The van der Waals surface area contributed by atoms with Crippen molar-refractivity contribution in [1.29, 1.82) is 0 Å². The molecule has 0 aromatic rings. The Morgan fingerprint density at radius 1 is 0.462 bits per heavy atom. The van der Waals surface area contributed by atoms with E-state index >= 15 is 0 Å². The quantitative estimate of drug-likeness (QED) is 0.00511. The first kappa shape index (κ1) is 164. The normalized spacial score (nSPS) is 15.8. The number of likely N-dealkylation sites (N-methyl/N-ethyl adjacent to an activating group) is 4. The number of carbonyl (C=O) groups excluding carboxylic acids is 3. The second-order valence-corrected chi connectivity index (χ2v) is 51.9. The average molecular weight is 2310 g/mol. The molecule has 0 heterocycles. The maximum atomic E-state index is 12.0. The fraction of sp³-hybridized carbons (Fsp3) is 0.960. The third kappa shape index (κ3) is 114. The van der Waals surface area contributed by atoms with Crippen LogP contribution in [0.3, 0.4) is 0 Å². The van der Waals surface area contributed by atoms with Crippen molar-refractivity contribution in [2.45, 2.75) is 102 Å². The first-order valence-corrected chi connectivity index (χ1v) is 59.2. The number of phosphoric acid groups is 1. The van der Waals surface area contributed by atoms with Crippen molar-refractivity contribution >= 4 is 114 Å². The Morgan fingerprint density at radius 2 is 0.832 bits per heavy atom. The van der Waals surface area contributed by atoms with Crippen LogP contribution >= 0.6 is 26.6 Å². The van der Waals surface area contributed by atoms with Crippen LogP contribution in [-0.4, -0.2) is 617 Å². The van der Waals surface area contributed by atoms with E-state index in [-0.39, 0.29) is 282 Å². The van der Waals surface area contributed by atoms with E-state index in [1.165, 1.54) is 0 Å². The number of hydrogen-bond acceptors (Lipinski definition) is 48. The van der Waals surface area contributed by atoms with Gasteiger partial charge in [0.05, 0.1) is 325 Å². The van der Waals surface area contributed by atoms with Gasteiger partial charge in [-0.3, -0.25) is 28.5 Å². The minimum absolute atomic E-state index is 0. The zero-order chi connectivity index (χ0) is 111. The molecule has 0 saturated heterocycles. The van der Waals surface area contributed by atoms with E-state index in [1.54, 1.807) is 70.4 Å². The molecular weight excluding hydrogens is 2130 g/mol. The van der Waals surface area contributed by atoms with Gasteiger partial charge in [0.1, 0.15) is 66.7 Å². The number of nitrogens with zero attached hydrogens (tertiary/aromatic N) is 8. The summed E-state index contributed by atoms with van der Waals surface area (Å²) in [6.07, 6.45) is 1.84. The molecule has 1 fully saturated rings. The second kappa shape index (κ2) is 87.9. The van der Waals surface area contributed by atoms with Gasteiger partial charge in [-0.2, -0.15) is 8.42 Å². The molecule has 0 aromatic carbocycles. The summed E-state index contributed by atoms with van der Waals surface area (Å²) >= 11 is 6.30. The molecule has 19 N–H and O–H groups in total. The molecule has 143 heavy (non-hydrogen) atoms. The smallest absolute Gasteiger partial charge is 0.756 e. The van der Waals surface area contributed by atoms with Gasteiger partial charge < -0.3 is 189 Å². The van der Waals surface area contributed by atoms with Crippen LogP contribution in [0.1, 0.15) is 66.7 Å². The van der Waals surface area contributed by atoms with Crippen LogP contribution in [0.25, 0.3) is 0 Å². The molecule has 2 amide bonds. The van der Waals surface area contributed by atoms with Crippen LogP contribution in [0.4, 0.5) is 0 Å². The Kier molecular flexibility index (Phi) is 101. The van der Waals surface area contributed by atoms with Gasteiger partial charge in [0, 0.05) is 103 Å². The van der Waals surface area contributed by atoms with Gasteiger partial charge in [0.25, 0.3) is 17.9 Å². The first-order valence-electron chi connectivity index (χ1n) is 43.6. The van der Waals surface area contributed by atoms with E-state index in [4.69, 9.17) is 117 Å². The van der Waals surface area contributed by atoms with E-state index in [2.05, 4.69) is 13.8 Å². The van der Waals surface area contributed by atoms with Gasteiger partial charge in [-0.05, 0) is 13.3 Å². The zero-order valence-corrected chi connectivity index (χ0v) is 94.7. The number of ether oxygens (including phenoxy) is 5. The van der Waals surface area contributed by atoms with Gasteiger partial charge in [0.15, 0.2) is 6.10 Å². The molecule has 0 spiro atoms. The summed E-state index contributed by atoms with van der Waals surface area (Å²) in [6.45, 7) is 3.54. The van der Waals surface area contributed by atoms with E-state index in [0.717, 1.165) is 22.8 Å². The second-order valence-electron chi connectivity index (χ2n) is 35.0. The number of aliphatic hydroxyl groups excluding tert-OH is 14. The number of aliphatic carboxylic acids is 1. The van der Waals surface area contributed by atoms with Crippen molar-refractivity contribution in [3.8, 4) is 0 Å². The van der Waals surface area contributed by atoms with Crippen molar-refractivity contribution in [2.24, 2.45) is 11.5 Å². The molecule has 866 valence electrons. The number of rotatable bonds is 70. The van der Waals surface area contributed by atoms with E-state index in [1.807, 2.05) is 28.2 Å². The predicted octanol–water partition coefficient (Wildman–Crippen LogP) is -15.2. The number of amides is 2. The number of carboxylic acids is 1. The molecule has 0 bridgehead atoms. The molecule has 0 aliphatic heterocycles. The summed E-state index contributed by atoms with van der Waals surface area (Å²) in [6, 6.07) is 0. The third-order valence-electron chi connectivity index (χ3n) is 19.1. The number of methoxy groups -OCH3 is 1. The Balaban J connectivity index is -0.000000156. The summed E-state index contributed by atoms with van der Waals surface area (Å²) in [5, 5.41) is 132. The minimum atomic E-state index is -4.46. The van der Waals surface area contributed by atoms with Crippen LogP contribution < -0.4 is 51.0 Å². The van der Waals surface area contributed by atoms with Crippen molar-refractivity contribution in [3.05, 3.63) is 0 Å². The molecule has 5 atom stereocenters. The van der Waals surface area contributed by atoms with E-state index in [9.17, 15) is 112 Å². The molecule has 0 radical (unpaired) electrons. The van der Waals surface area contributed by atoms with Crippen molar-refractivity contribution < 1.29 is 276 Å². The number of carbonyl (C=O) groups is 3. The number of nitrogens with two attached hydrogens (primary N) is 2. The van der Waals surface area contributed by atoms with Crippen LogP contribution in [0, 0.1) is 0 Å². The Hall–Kier alpha value is -1.40. The summed E-state index contributed by atoms with van der Waals surface area (Å²) in [7, 11) is -12.1. The summed E-state index contributed by atoms with van der Waals surface area (Å²) in [5.41, 5.74) is 9.88. The fourth-order valence-electron chi connectivity index (χ4n) is 11.3. The number of aliphatic hydroxyl groups is 14. The average Bonchev–Trinajstić information content (AvgIpc) is 0.789. The van der Waals surface area contributed by atoms with Crippen LogP contribution in [-0.2, 0) is 121 Å². The van der Waals surface area contributed by atoms with E-state index < -0.39 is 176 Å². The zero-order valence-electron chi connectivity index (χ0n) is 84.1. The Labute approximate surface area is 876 Å². The largest absolute Gasteiger partial charge is 1.00 e. The van der Waals surface area contributed by atoms with Gasteiger partial charge in [-0.15, -0.1) is 11.6 Å². The number of primary amides is 2. The van der Waals surface area contributed by atoms with Crippen molar-refractivity contribution in [2.75, 3.05) is 369 Å². The van der Waals surface area contributed by atoms with Crippen LogP contribution in [0.15, 0.2) is 0 Å². The topological polar surface area (TPSA) is 887 Å². The molecule has 1 aliphatic carbocycles. The molecule has 57 nitrogen and oxygen atoms in total. The first-order chi connectivity index (χ1) is 63.9. The minimum Gasteiger partial charge on any atom is -0.756 e.